The van der Waals surface area contributed by atoms with Crippen LogP contribution < -0.4 is 20.1 Å². The van der Waals surface area contributed by atoms with Crippen LogP contribution in [-0.4, -0.2) is 18.8 Å². The molecule has 0 saturated carbocycles. The van der Waals surface area contributed by atoms with Gasteiger partial charge in [-0.1, -0.05) is 24.3 Å². The monoisotopic (exact) mass is 330 g/mol. The molecule has 0 aliphatic heterocycles. The number of methoxy groups -OCH3 is 1. The molecule has 2 aromatic carbocycles. The van der Waals surface area contributed by atoms with E-state index in [0.717, 1.165) is 22.7 Å². The molecule has 1 unspecified atom stereocenters. The largest absolute Gasteiger partial charge is 0.497 e. The molecule has 122 valence electrons. The quantitative estimate of drug-likeness (QED) is 0.779. The number of benzene rings is 2. The van der Waals surface area contributed by atoms with Crippen molar-refractivity contribution in [1.29, 1.82) is 0 Å². The maximum atomic E-state index is 5.59. The number of hydrogen-bond acceptors (Lipinski definition) is 3. The van der Waals surface area contributed by atoms with Crippen molar-refractivity contribution >= 4 is 23.0 Å². The van der Waals surface area contributed by atoms with Crippen molar-refractivity contribution in [3.63, 3.8) is 0 Å². The molecule has 0 radical (unpaired) electrons. The minimum absolute atomic E-state index is 0.0835. The van der Waals surface area contributed by atoms with Gasteiger partial charge < -0.3 is 20.1 Å². The third kappa shape index (κ3) is 4.86. The second-order valence-corrected chi connectivity index (χ2v) is 5.43. The zero-order valence-corrected chi connectivity index (χ0v) is 14.4. The third-order valence-corrected chi connectivity index (χ3v) is 3.62. The Bertz CT molecular complexity index is 644. The Morgan fingerprint density at radius 2 is 1.83 bits per heavy atom. The van der Waals surface area contributed by atoms with Gasteiger partial charge in [-0.3, -0.25) is 0 Å². The van der Waals surface area contributed by atoms with Crippen LogP contribution in [-0.2, 0) is 0 Å². The van der Waals surface area contributed by atoms with Crippen molar-refractivity contribution in [2.75, 3.05) is 19.0 Å². The molecule has 23 heavy (non-hydrogen) atoms. The Kier molecular flexibility index (Phi) is 6.23. The average Bonchev–Trinajstić information content (AvgIpc) is 2.57. The van der Waals surface area contributed by atoms with Gasteiger partial charge in [0.25, 0.3) is 0 Å². The summed E-state index contributed by atoms with van der Waals surface area (Å²) in [6.07, 6.45) is 0. The second-order valence-electron chi connectivity index (χ2n) is 5.02. The molecule has 0 heterocycles. The third-order valence-electron chi connectivity index (χ3n) is 3.40. The van der Waals surface area contributed by atoms with Crippen molar-refractivity contribution in [2.24, 2.45) is 0 Å². The van der Waals surface area contributed by atoms with E-state index in [-0.39, 0.29) is 6.04 Å². The fourth-order valence-corrected chi connectivity index (χ4v) is 2.47. The maximum Gasteiger partial charge on any atom is 0.171 e. The topological polar surface area (TPSA) is 42.5 Å². The number of hydrogen-bond donors (Lipinski definition) is 2. The zero-order chi connectivity index (χ0) is 16.7. The van der Waals surface area contributed by atoms with E-state index in [1.165, 1.54) is 0 Å². The number of ether oxygens (including phenoxy) is 2. The van der Waals surface area contributed by atoms with Crippen molar-refractivity contribution in [2.45, 2.75) is 19.9 Å². The van der Waals surface area contributed by atoms with Gasteiger partial charge in [-0.25, -0.2) is 0 Å². The van der Waals surface area contributed by atoms with Crippen LogP contribution in [0.25, 0.3) is 0 Å². The Morgan fingerprint density at radius 1 is 1.13 bits per heavy atom. The molecule has 2 N–H and O–H groups in total. The summed E-state index contributed by atoms with van der Waals surface area (Å²) in [5.41, 5.74) is 1.99. The van der Waals surface area contributed by atoms with E-state index in [9.17, 15) is 0 Å². The van der Waals surface area contributed by atoms with Crippen LogP contribution in [0.4, 0.5) is 5.69 Å². The normalized spacial score (nSPS) is 11.4. The summed E-state index contributed by atoms with van der Waals surface area (Å²) in [5, 5.41) is 7.02. The van der Waals surface area contributed by atoms with E-state index < -0.39 is 0 Å². The van der Waals surface area contributed by atoms with Crippen LogP contribution in [0.3, 0.4) is 0 Å². The van der Waals surface area contributed by atoms with Gasteiger partial charge in [0.2, 0.25) is 0 Å². The predicted octanol–water partition coefficient (Wildman–Crippen LogP) is 4.14. The highest BCUT2D eigenvalue weighted by molar-refractivity contribution is 7.80. The number of para-hydroxylation sites is 2. The van der Waals surface area contributed by atoms with Gasteiger partial charge in [-0.15, -0.1) is 0 Å². The van der Waals surface area contributed by atoms with Gasteiger partial charge in [0.05, 0.1) is 25.4 Å². The minimum Gasteiger partial charge on any atom is -0.497 e. The smallest absolute Gasteiger partial charge is 0.171 e. The standard InChI is InChI=1S/C18H22N2O2S/c1-4-22-17-8-6-5-7-16(17)20-18(23)19-13(2)14-9-11-15(21-3)12-10-14/h5-13H,4H2,1-3H3,(H2,19,20,23). The van der Waals surface area contributed by atoms with E-state index in [1.807, 2.05) is 55.5 Å². The first kappa shape index (κ1) is 17.1. The average molecular weight is 330 g/mol. The molecule has 4 nitrogen and oxygen atoms in total. The van der Waals surface area contributed by atoms with Crippen LogP contribution in [0.2, 0.25) is 0 Å². The molecule has 0 fully saturated rings. The molecule has 0 spiro atoms. The van der Waals surface area contributed by atoms with Gasteiger partial charge in [0.15, 0.2) is 5.11 Å². The van der Waals surface area contributed by atoms with Crippen LogP contribution in [0.15, 0.2) is 48.5 Å². The summed E-state index contributed by atoms with van der Waals surface area (Å²) in [6.45, 7) is 4.63. The van der Waals surface area contributed by atoms with E-state index in [1.54, 1.807) is 7.11 Å². The summed E-state index contributed by atoms with van der Waals surface area (Å²) >= 11 is 5.40. The van der Waals surface area contributed by atoms with Crippen LogP contribution in [0.5, 0.6) is 11.5 Å². The maximum absolute atomic E-state index is 5.59. The SMILES string of the molecule is CCOc1ccccc1NC(=S)NC(C)c1ccc(OC)cc1. The molecule has 5 heteroatoms. The molecule has 0 bridgehead atoms. The predicted molar refractivity (Wildman–Crippen MR) is 98.4 cm³/mol. The first-order valence-corrected chi connectivity index (χ1v) is 7.98. The second kappa shape index (κ2) is 8.39. The van der Waals surface area contributed by atoms with Gasteiger partial charge >= 0.3 is 0 Å². The molecular formula is C18H22N2O2S. The number of nitrogens with one attached hydrogen (secondary N) is 2. The lowest BCUT2D eigenvalue weighted by molar-refractivity contribution is 0.342. The summed E-state index contributed by atoms with van der Waals surface area (Å²) in [4.78, 5) is 0. The van der Waals surface area contributed by atoms with Gasteiger partial charge in [0, 0.05) is 0 Å². The number of thiocarbonyl (C=S) groups is 1. The lowest BCUT2D eigenvalue weighted by Crippen LogP contribution is -2.31. The molecule has 0 amide bonds. The van der Waals surface area contributed by atoms with Gasteiger partial charge in [-0.2, -0.15) is 0 Å². The molecule has 0 saturated heterocycles. The fourth-order valence-electron chi connectivity index (χ4n) is 2.18. The summed E-state index contributed by atoms with van der Waals surface area (Å²) in [5.74, 6) is 1.63. The van der Waals surface area contributed by atoms with E-state index in [2.05, 4.69) is 17.6 Å². The molecule has 0 aliphatic carbocycles. The van der Waals surface area contributed by atoms with E-state index in [4.69, 9.17) is 21.7 Å². The minimum atomic E-state index is 0.0835. The highest BCUT2D eigenvalue weighted by Gasteiger charge is 2.09. The van der Waals surface area contributed by atoms with Gasteiger partial charge in [0.1, 0.15) is 11.5 Å². The Balaban J connectivity index is 1.98. The highest BCUT2D eigenvalue weighted by Crippen LogP contribution is 2.24. The molecule has 1 atom stereocenters. The number of anilines is 1. The van der Waals surface area contributed by atoms with E-state index >= 15 is 0 Å². The molecule has 2 rings (SSSR count). The summed E-state index contributed by atoms with van der Waals surface area (Å²) in [7, 11) is 1.66. The van der Waals surface area contributed by atoms with Crippen molar-refractivity contribution in [3.05, 3.63) is 54.1 Å². The molecule has 0 aliphatic rings. The van der Waals surface area contributed by atoms with Crippen LogP contribution in [0, 0.1) is 0 Å². The van der Waals surface area contributed by atoms with Crippen molar-refractivity contribution in [1.82, 2.24) is 5.32 Å². The molecule has 0 aromatic heterocycles. The van der Waals surface area contributed by atoms with Gasteiger partial charge in [-0.05, 0) is 55.9 Å². The van der Waals surface area contributed by atoms with Crippen molar-refractivity contribution in [3.8, 4) is 11.5 Å². The van der Waals surface area contributed by atoms with Crippen LogP contribution >= 0.6 is 12.2 Å². The highest BCUT2D eigenvalue weighted by atomic mass is 32.1. The zero-order valence-electron chi connectivity index (χ0n) is 13.6. The van der Waals surface area contributed by atoms with E-state index in [0.29, 0.717) is 11.7 Å². The summed E-state index contributed by atoms with van der Waals surface area (Å²) in [6, 6.07) is 15.7. The first-order chi connectivity index (χ1) is 11.1. The lowest BCUT2D eigenvalue weighted by atomic mass is 10.1. The number of rotatable bonds is 6. The lowest BCUT2D eigenvalue weighted by Gasteiger charge is -2.19. The Labute approximate surface area is 142 Å². The first-order valence-electron chi connectivity index (χ1n) is 7.57. The van der Waals surface area contributed by atoms with Crippen molar-refractivity contribution < 1.29 is 9.47 Å². The molecule has 2 aromatic rings. The fraction of sp³-hybridized carbons (Fsp3) is 0.278. The Hall–Kier alpha value is -2.27. The molecular weight excluding hydrogens is 308 g/mol. The summed E-state index contributed by atoms with van der Waals surface area (Å²) < 4.78 is 10.8. The Morgan fingerprint density at radius 3 is 2.48 bits per heavy atom. The van der Waals surface area contributed by atoms with Crippen LogP contribution in [0.1, 0.15) is 25.5 Å².